The quantitative estimate of drug-likeness (QED) is 0.427. The highest BCUT2D eigenvalue weighted by Crippen LogP contribution is 2.34. The SMILES string of the molecule is Cc1oc([C@@H](NC(=O)c2nn(Cc3ccc(F)cc3)c3ccccc23)C(C)(C)C)nc1C(=O)O. The van der Waals surface area contributed by atoms with Crippen LogP contribution in [0.3, 0.4) is 0 Å². The van der Waals surface area contributed by atoms with Crippen molar-refractivity contribution in [3.8, 4) is 0 Å². The van der Waals surface area contributed by atoms with Crippen molar-refractivity contribution in [1.29, 1.82) is 0 Å². The molecule has 34 heavy (non-hydrogen) atoms. The number of carbonyl (C=O) groups is 2. The minimum Gasteiger partial charge on any atom is -0.476 e. The van der Waals surface area contributed by atoms with Gasteiger partial charge in [-0.3, -0.25) is 9.48 Å². The molecule has 1 amide bonds. The lowest BCUT2D eigenvalue weighted by atomic mass is 9.86. The largest absolute Gasteiger partial charge is 0.476 e. The Hall–Kier alpha value is -4.01. The van der Waals surface area contributed by atoms with E-state index >= 15 is 0 Å². The topological polar surface area (TPSA) is 110 Å². The van der Waals surface area contributed by atoms with Gasteiger partial charge in [0.25, 0.3) is 5.91 Å². The molecular formula is C25H25FN4O4. The maximum absolute atomic E-state index is 13.4. The van der Waals surface area contributed by atoms with Gasteiger partial charge in [0.05, 0.1) is 12.1 Å². The zero-order valence-electron chi connectivity index (χ0n) is 19.3. The van der Waals surface area contributed by atoms with Gasteiger partial charge in [0.1, 0.15) is 17.6 Å². The van der Waals surface area contributed by atoms with E-state index < -0.39 is 23.3 Å². The first-order chi connectivity index (χ1) is 16.0. The van der Waals surface area contributed by atoms with E-state index in [0.29, 0.717) is 11.9 Å². The van der Waals surface area contributed by atoms with E-state index in [1.807, 2.05) is 45.0 Å². The van der Waals surface area contributed by atoms with E-state index in [2.05, 4.69) is 15.4 Å². The molecule has 0 aliphatic carbocycles. The molecule has 2 aromatic heterocycles. The predicted molar refractivity (Wildman–Crippen MR) is 123 cm³/mol. The van der Waals surface area contributed by atoms with Crippen molar-refractivity contribution in [2.24, 2.45) is 5.41 Å². The number of nitrogens with one attached hydrogen (secondary N) is 1. The number of amides is 1. The number of carbonyl (C=O) groups excluding carboxylic acids is 1. The maximum Gasteiger partial charge on any atom is 0.358 e. The van der Waals surface area contributed by atoms with Crippen LogP contribution >= 0.6 is 0 Å². The molecule has 0 aliphatic rings. The second-order valence-corrected chi connectivity index (χ2v) is 9.18. The standard InChI is InChI=1S/C25H25FN4O4/c1-14-19(24(32)33)27-23(34-14)21(25(2,3)4)28-22(31)20-17-7-5-6-8-18(17)30(29-20)13-15-9-11-16(26)12-10-15/h5-12,21H,13H2,1-4H3,(H,28,31)(H,32,33)/t21-/m1/s1. The van der Waals surface area contributed by atoms with Gasteiger partial charge in [-0.05, 0) is 36.1 Å². The van der Waals surface area contributed by atoms with Gasteiger partial charge in [0.15, 0.2) is 11.4 Å². The van der Waals surface area contributed by atoms with Crippen LogP contribution in [0.1, 0.15) is 65.0 Å². The van der Waals surface area contributed by atoms with Crippen LogP contribution in [0.2, 0.25) is 0 Å². The van der Waals surface area contributed by atoms with E-state index in [1.54, 1.807) is 16.8 Å². The summed E-state index contributed by atoms with van der Waals surface area (Å²) in [6, 6.07) is 12.8. The van der Waals surface area contributed by atoms with Crippen LogP contribution in [0.5, 0.6) is 0 Å². The van der Waals surface area contributed by atoms with Gasteiger partial charge in [-0.15, -0.1) is 0 Å². The highest BCUT2D eigenvalue weighted by molar-refractivity contribution is 6.05. The van der Waals surface area contributed by atoms with Crippen LogP contribution in [-0.4, -0.2) is 31.7 Å². The van der Waals surface area contributed by atoms with Gasteiger partial charge in [-0.2, -0.15) is 5.10 Å². The molecule has 0 unspecified atom stereocenters. The van der Waals surface area contributed by atoms with E-state index in [9.17, 15) is 19.1 Å². The molecule has 0 spiro atoms. The second kappa shape index (κ2) is 8.74. The van der Waals surface area contributed by atoms with Crippen LogP contribution in [0.25, 0.3) is 10.9 Å². The smallest absolute Gasteiger partial charge is 0.358 e. The molecule has 0 bridgehead atoms. The zero-order chi connectivity index (χ0) is 24.6. The molecule has 176 valence electrons. The number of hydrogen-bond donors (Lipinski definition) is 2. The second-order valence-electron chi connectivity index (χ2n) is 9.18. The lowest BCUT2D eigenvalue weighted by molar-refractivity contribution is 0.0689. The number of aromatic carboxylic acids is 1. The molecule has 2 N–H and O–H groups in total. The van der Waals surface area contributed by atoms with Gasteiger partial charge in [0.2, 0.25) is 5.89 Å². The van der Waals surface area contributed by atoms with Crippen LogP contribution in [0.4, 0.5) is 4.39 Å². The first kappa shape index (κ1) is 23.2. The van der Waals surface area contributed by atoms with Crippen molar-refractivity contribution in [3.63, 3.8) is 0 Å². The van der Waals surface area contributed by atoms with Gasteiger partial charge in [-0.1, -0.05) is 51.1 Å². The Balaban J connectivity index is 1.69. The lowest BCUT2D eigenvalue weighted by Crippen LogP contribution is -2.37. The molecule has 0 fully saturated rings. The van der Waals surface area contributed by atoms with Crippen LogP contribution in [0.15, 0.2) is 52.9 Å². The summed E-state index contributed by atoms with van der Waals surface area (Å²) in [7, 11) is 0. The number of benzene rings is 2. The number of oxazole rings is 1. The number of halogens is 1. The monoisotopic (exact) mass is 464 g/mol. The Kier molecular flexibility index (Phi) is 5.95. The number of hydrogen-bond acceptors (Lipinski definition) is 5. The first-order valence-electron chi connectivity index (χ1n) is 10.8. The number of para-hydroxylation sites is 1. The zero-order valence-corrected chi connectivity index (χ0v) is 19.3. The molecule has 4 rings (SSSR count). The van der Waals surface area contributed by atoms with Crippen molar-refractivity contribution < 1.29 is 23.5 Å². The number of aryl methyl sites for hydroxylation is 1. The fourth-order valence-corrected chi connectivity index (χ4v) is 3.77. The molecular weight excluding hydrogens is 439 g/mol. The van der Waals surface area contributed by atoms with E-state index in [1.165, 1.54) is 19.1 Å². The third kappa shape index (κ3) is 4.54. The Morgan fingerprint density at radius 1 is 1.12 bits per heavy atom. The summed E-state index contributed by atoms with van der Waals surface area (Å²) in [6.07, 6.45) is 0. The number of fused-ring (bicyclic) bond motifs is 1. The first-order valence-corrected chi connectivity index (χ1v) is 10.8. The summed E-state index contributed by atoms with van der Waals surface area (Å²) < 4.78 is 20.6. The van der Waals surface area contributed by atoms with Crippen LogP contribution in [-0.2, 0) is 6.54 Å². The Morgan fingerprint density at radius 3 is 2.41 bits per heavy atom. The van der Waals surface area contributed by atoms with Crippen molar-refractivity contribution in [2.45, 2.75) is 40.3 Å². The molecule has 0 aliphatic heterocycles. The lowest BCUT2D eigenvalue weighted by Gasteiger charge is -2.28. The maximum atomic E-state index is 13.4. The number of carboxylic acid groups (broad SMARTS) is 1. The molecule has 9 heteroatoms. The van der Waals surface area contributed by atoms with E-state index in [-0.39, 0.29) is 28.9 Å². The predicted octanol–water partition coefficient (Wildman–Crippen LogP) is 4.74. The third-order valence-electron chi connectivity index (χ3n) is 5.52. The van der Waals surface area contributed by atoms with E-state index in [0.717, 1.165) is 11.1 Å². The molecule has 0 radical (unpaired) electrons. The van der Waals surface area contributed by atoms with Crippen molar-refractivity contribution in [2.75, 3.05) is 0 Å². The fraction of sp³-hybridized carbons (Fsp3) is 0.280. The average molecular weight is 464 g/mol. The fourth-order valence-electron chi connectivity index (χ4n) is 3.77. The summed E-state index contributed by atoms with van der Waals surface area (Å²) in [4.78, 5) is 28.9. The summed E-state index contributed by atoms with van der Waals surface area (Å²) in [5.41, 5.74) is 1.09. The number of rotatable bonds is 6. The highest BCUT2D eigenvalue weighted by atomic mass is 19.1. The molecule has 4 aromatic rings. The average Bonchev–Trinajstić information content (AvgIpc) is 3.33. The molecule has 8 nitrogen and oxygen atoms in total. The highest BCUT2D eigenvalue weighted by Gasteiger charge is 2.34. The summed E-state index contributed by atoms with van der Waals surface area (Å²) in [6.45, 7) is 7.55. The minimum atomic E-state index is -1.20. The molecule has 1 atom stereocenters. The van der Waals surface area contributed by atoms with E-state index in [4.69, 9.17) is 4.42 Å². The van der Waals surface area contributed by atoms with Gasteiger partial charge >= 0.3 is 5.97 Å². The van der Waals surface area contributed by atoms with Crippen molar-refractivity contribution >= 4 is 22.8 Å². The number of nitrogens with zero attached hydrogens (tertiary/aromatic N) is 3. The molecule has 0 saturated carbocycles. The Morgan fingerprint density at radius 2 is 1.79 bits per heavy atom. The van der Waals surface area contributed by atoms with Crippen LogP contribution in [0, 0.1) is 18.2 Å². The molecule has 0 saturated heterocycles. The van der Waals surface area contributed by atoms with Gasteiger partial charge in [-0.25, -0.2) is 14.2 Å². The summed E-state index contributed by atoms with van der Waals surface area (Å²) in [5.74, 6) is -1.68. The van der Waals surface area contributed by atoms with Gasteiger partial charge in [0, 0.05) is 5.39 Å². The number of carboxylic acids is 1. The summed E-state index contributed by atoms with van der Waals surface area (Å²) >= 11 is 0. The molecule has 2 aromatic carbocycles. The van der Waals surface area contributed by atoms with Crippen LogP contribution < -0.4 is 5.32 Å². The normalized spacial score (nSPS) is 12.6. The molecule has 2 heterocycles. The Labute approximate surface area is 195 Å². The Bertz CT molecular complexity index is 1370. The van der Waals surface area contributed by atoms with Crippen molar-refractivity contribution in [1.82, 2.24) is 20.1 Å². The van der Waals surface area contributed by atoms with Gasteiger partial charge < -0.3 is 14.8 Å². The minimum absolute atomic E-state index is 0.116. The number of aromatic nitrogens is 3. The van der Waals surface area contributed by atoms with Crippen molar-refractivity contribution in [3.05, 3.63) is 83.0 Å². The third-order valence-corrected chi connectivity index (χ3v) is 5.52. The summed E-state index contributed by atoms with van der Waals surface area (Å²) in [5, 5.41) is 17.5.